The monoisotopic (exact) mass is 390 g/mol. The largest absolute Gasteiger partial charge is 0.481 e. The van der Waals surface area contributed by atoms with Crippen molar-refractivity contribution in [1.82, 2.24) is 3.97 Å². The van der Waals surface area contributed by atoms with E-state index in [0.717, 1.165) is 22.2 Å². The minimum absolute atomic E-state index is 0.0157. The molecule has 0 fully saturated rings. The molecule has 9 heteroatoms. The van der Waals surface area contributed by atoms with Crippen LogP contribution in [0.15, 0.2) is 47.4 Å². The average Bonchev–Trinajstić information content (AvgIpc) is 2.86. The van der Waals surface area contributed by atoms with E-state index in [-0.39, 0.29) is 32.6 Å². The van der Waals surface area contributed by atoms with Crippen molar-refractivity contribution in [3.63, 3.8) is 0 Å². The first kappa shape index (κ1) is 18.6. The average molecular weight is 390 g/mol. The normalized spacial score (nSPS) is 11.6. The second-order valence-corrected chi connectivity index (χ2v) is 7.74. The number of hydrogen-bond donors (Lipinski definition) is 2. The number of rotatable bonds is 5. The van der Waals surface area contributed by atoms with Crippen LogP contribution in [0.1, 0.15) is 21.6 Å². The molecule has 0 aliphatic rings. The number of carboxylic acids is 1. The molecule has 0 radical (unpaired) electrons. The molecule has 27 heavy (non-hydrogen) atoms. The Balaban J connectivity index is 2.33. The summed E-state index contributed by atoms with van der Waals surface area (Å²) < 4.78 is 41.1. The molecule has 3 N–H and O–H groups in total. The van der Waals surface area contributed by atoms with Crippen LogP contribution in [0.25, 0.3) is 10.9 Å². The van der Waals surface area contributed by atoms with Crippen LogP contribution in [-0.4, -0.2) is 29.4 Å². The van der Waals surface area contributed by atoms with Gasteiger partial charge in [-0.05, 0) is 48.9 Å². The number of carboxylic acid groups (broad SMARTS) is 1. The Morgan fingerprint density at radius 1 is 1.19 bits per heavy atom. The highest BCUT2D eigenvalue weighted by molar-refractivity contribution is 7.90. The number of nitrogens with two attached hydrogens (primary N) is 1. The Morgan fingerprint density at radius 3 is 2.52 bits per heavy atom. The van der Waals surface area contributed by atoms with Gasteiger partial charge in [-0.25, -0.2) is 16.8 Å². The van der Waals surface area contributed by atoms with Crippen molar-refractivity contribution in [2.75, 3.05) is 0 Å². The quantitative estimate of drug-likeness (QED) is 0.691. The zero-order valence-electron chi connectivity index (χ0n) is 14.1. The van der Waals surface area contributed by atoms with Crippen molar-refractivity contribution in [1.29, 1.82) is 0 Å². The molecule has 0 atom stereocenters. The molecule has 0 aliphatic carbocycles. The summed E-state index contributed by atoms with van der Waals surface area (Å²) in [5, 5.41) is 9.34. The molecule has 1 aromatic heterocycles. The third kappa shape index (κ3) is 3.17. The van der Waals surface area contributed by atoms with Crippen LogP contribution in [0.2, 0.25) is 0 Å². The smallest absolute Gasteiger partial charge is 0.307 e. The van der Waals surface area contributed by atoms with Crippen LogP contribution in [0.3, 0.4) is 0 Å². The van der Waals surface area contributed by atoms with Gasteiger partial charge >= 0.3 is 5.97 Å². The standard InChI is InChI=1S/C18H15FN2O5S/c1-10-14(9-17(22)23)15-8-12(19)5-6-16(15)21(10)27(25,26)13-4-2-3-11(7-13)18(20)24/h2-8H,9H2,1H3,(H2,20,24)(H,22,23). The van der Waals surface area contributed by atoms with Gasteiger partial charge in [-0.3, -0.25) is 9.59 Å². The molecule has 3 aromatic rings. The van der Waals surface area contributed by atoms with E-state index in [9.17, 15) is 22.4 Å². The van der Waals surface area contributed by atoms with Gasteiger partial charge in [0.2, 0.25) is 5.91 Å². The lowest BCUT2D eigenvalue weighted by molar-refractivity contribution is -0.136. The second-order valence-electron chi connectivity index (χ2n) is 5.96. The summed E-state index contributed by atoms with van der Waals surface area (Å²) in [6.45, 7) is 1.45. The number of benzene rings is 2. The topological polar surface area (TPSA) is 119 Å². The molecule has 0 saturated heterocycles. The summed E-state index contributed by atoms with van der Waals surface area (Å²) in [6.07, 6.45) is -0.463. The first-order chi connectivity index (χ1) is 12.6. The van der Waals surface area contributed by atoms with Gasteiger partial charge < -0.3 is 10.8 Å². The highest BCUT2D eigenvalue weighted by atomic mass is 32.2. The molecular weight excluding hydrogens is 375 g/mol. The van der Waals surface area contributed by atoms with Crippen LogP contribution in [0.5, 0.6) is 0 Å². The Bertz CT molecular complexity index is 1200. The molecule has 3 rings (SSSR count). The Morgan fingerprint density at radius 2 is 1.89 bits per heavy atom. The number of halogens is 1. The van der Waals surface area contributed by atoms with E-state index < -0.39 is 34.1 Å². The zero-order valence-corrected chi connectivity index (χ0v) is 15.0. The van der Waals surface area contributed by atoms with Crippen LogP contribution in [0, 0.1) is 12.7 Å². The molecular formula is C18H15FN2O5S. The second kappa shape index (κ2) is 6.51. The number of primary amides is 1. The number of fused-ring (bicyclic) bond motifs is 1. The van der Waals surface area contributed by atoms with E-state index in [4.69, 9.17) is 10.8 Å². The number of carbonyl (C=O) groups excluding carboxylic acids is 1. The molecule has 140 valence electrons. The lowest BCUT2D eigenvalue weighted by Gasteiger charge is -2.11. The van der Waals surface area contributed by atoms with Crippen molar-refractivity contribution in [3.8, 4) is 0 Å². The summed E-state index contributed by atoms with van der Waals surface area (Å²) in [5.41, 5.74) is 5.73. The number of amides is 1. The maximum Gasteiger partial charge on any atom is 0.307 e. The van der Waals surface area contributed by atoms with Gasteiger partial charge in [0.1, 0.15) is 5.82 Å². The number of hydrogen-bond acceptors (Lipinski definition) is 4. The van der Waals surface area contributed by atoms with E-state index in [0.29, 0.717) is 0 Å². The third-order valence-electron chi connectivity index (χ3n) is 4.23. The van der Waals surface area contributed by atoms with Crippen LogP contribution in [-0.2, 0) is 21.2 Å². The molecule has 1 amide bonds. The minimum atomic E-state index is -4.19. The highest BCUT2D eigenvalue weighted by Gasteiger charge is 2.26. The van der Waals surface area contributed by atoms with Gasteiger partial charge in [0.15, 0.2) is 0 Å². The first-order valence-electron chi connectivity index (χ1n) is 7.79. The van der Waals surface area contributed by atoms with Gasteiger partial charge in [0.25, 0.3) is 10.0 Å². The van der Waals surface area contributed by atoms with Crippen LogP contribution >= 0.6 is 0 Å². The van der Waals surface area contributed by atoms with Gasteiger partial charge in [0, 0.05) is 16.6 Å². The maximum atomic E-state index is 13.7. The Labute approximate surface area is 153 Å². The predicted molar refractivity (Wildman–Crippen MR) is 95.5 cm³/mol. The molecule has 2 aromatic carbocycles. The van der Waals surface area contributed by atoms with E-state index >= 15 is 0 Å². The first-order valence-corrected chi connectivity index (χ1v) is 9.23. The van der Waals surface area contributed by atoms with Gasteiger partial charge in [0.05, 0.1) is 16.8 Å². The number of aliphatic carboxylic acids is 1. The molecule has 0 unspecified atom stereocenters. The Kier molecular flexibility index (Phi) is 4.48. The van der Waals surface area contributed by atoms with E-state index in [1.54, 1.807) is 0 Å². The summed E-state index contributed by atoms with van der Waals surface area (Å²) in [6, 6.07) is 8.68. The molecule has 0 saturated carbocycles. The molecule has 7 nitrogen and oxygen atoms in total. The van der Waals surface area contributed by atoms with E-state index in [1.165, 1.54) is 31.2 Å². The van der Waals surface area contributed by atoms with Crippen molar-refractivity contribution in [2.24, 2.45) is 5.73 Å². The van der Waals surface area contributed by atoms with E-state index in [1.807, 2.05) is 0 Å². The molecule has 0 spiro atoms. The summed E-state index contributed by atoms with van der Waals surface area (Å²) >= 11 is 0. The number of aromatic nitrogens is 1. The SMILES string of the molecule is Cc1c(CC(=O)O)c2cc(F)ccc2n1S(=O)(=O)c1cccc(C(N)=O)c1. The number of nitrogens with zero attached hydrogens (tertiary/aromatic N) is 1. The summed E-state index contributed by atoms with van der Waals surface area (Å²) in [4.78, 5) is 22.4. The zero-order chi connectivity index (χ0) is 19.9. The minimum Gasteiger partial charge on any atom is -0.481 e. The third-order valence-corrected chi connectivity index (χ3v) is 6.03. The van der Waals surface area contributed by atoms with Crippen LogP contribution in [0.4, 0.5) is 4.39 Å². The van der Waals surface area contributed by atoms with Crippen molar-refractivity contribution in [3.05, 3.63) is 65.1 Å². The fourth-order valence-corrected chi connectivity index (χ4v) is 4.65. The highest BCUT2D eigenvalue weighted by Crippen LogP contribution is 2.31. The fraction of sp³-hybridized carbons (Fsp3) is 0.111. The van der Waals surface area contributed by atoms with Gasteiger partial charge in [-0.2, -0.15) is 0 Å². The lowest BCUT2D eigenvalue weighted by atomic mass is 10.1. The Hall–Kier alpha value is -3.20. The molecule has 0 aliphatic heterocycles. The summed E-state index contributed by atoms with van der Waals surface area (Å²) in [7, 11) is -4.19. The predicted octanol–water partition coefficient (Wildman–Crippen LogP) is 2.05. The lowest BCUT2D eigenvalue weighted by Crippen LogP contribution is -2.17. The maximum absolute atomic E-state index is 13.7. The van der Waals surface area contributed by atoms with Gasteiger partial charge in [-0.1, -0.05) is 6.07 Å². The van der Waals surface area contributed by atoms with Crippen molar-refractivity contribution in [2.45, 2.75) is 18.2 Å². The van der Waals surface area contributed by atoms with Gasteiger partial charge in [-0.15, -0.1) is 0 Å². The molecule has 0 bridgehead atoms. The van der Waals surface area contributed by atoms with Crippen LogP contribution < -0.4 is 5.73 Å². The van der Waals surface area contributed by atoms with E-state index in [2.05, 4.69) is 0 Å². The van der Waals surface area contributed by atoms with Crippen molar-refractivity contribution < 1.29 is 27.5 Å². The molecule has 1 heterocycles. The van der Waals surface area contributed by atoms with Crippen molar-refractivity contribution >= 4 is 32.8 Å². The summed E-state index contributed by atoms with van der Waals surface area (Å²) in [5.74, 6) is -2.57. The fourth-order valence-electron chi connectivity index (χ4n) is 3.02. The number of carbonyl (C=O) groups is 2.